The van der Waals surface area contributed by atoms with Gasteiger partial charge in [0.2, 0.25) is 0 Å². The molecule has 0 aromatic heterocycles. The largest absolute Gasteiger partial charge is 0.481 e. The maximum atomic E-state index is 13.1. The van der Waals surface area contributed by atoms with Crippen LogP contribution in [-0.2, 0) is 16.1 Å². The molecule has 0 spiro atoms. The molecule has 1 atom stereocenters. The second kappa shape index (κ2) is 6.19. The van der Waals surface area contributed by atoms with Crippen LogP contribution in [-0.4, -0.2) is 48.3 Å². The molecule has 23 heavy (non-hydrogen) atoms. The summed E-state index contributed by atoms with van der Waals surface area (Å²) in [6.45, 7) is -0.761. The van der Waals surface area contributed by atoms with Crippen LogP contribution < -0.4 is 0 Å². The van der Waals surface area contributed by atoms with Crippen molar-refractivity contribution in [2.24, 2.45) is 5.41 Å². The van der Waals surface area contributed by atoms with Crippen LogP contribution in [0, 0.1) is 5.41 Å². The average Bonchev–Trinajstić information content (AvgIpc) is 2.94. The smallest absolute Gasteiger partial charge is 0.406 e. The number of likely N-dealkylation sites (tertiary alicyclic amines) is 1. The molecule has 5 nitrogen and oxygen atoms in total. The number of carbonyl (C=O) groups excluding carboxylic acids is 1. The van der Waals surface area contributed by atoms with E-state index in [4.69, 9.17) is 9.84 Å². The number of alkyl halides is 3. The maximum absolute atomic E-state index is 13.1. The van der Waals surface area contributed by atoms with Gasteiger partial charge < -0.3 is 14.7 Å². The summed E-state index contributed by atoms with van der Waals surface area (Å²) < 4.78 is 44.3. The Bertz CT molecular complexity index is 600. The standard InChI is InChI=1S/C15H16F3NO4/c1-23-8-10-2-4-11(5-3-10)12(20)19-7-6-14(9-19,13(21)22)15(16,17)18/h2-5H,6-9H2,1H3,(H,21,22). The van der Waals surface area contributed by atoms with Crippen molar-refractivity contribution in [1.82, 2.24) is 4.90 Å². The van der Waals surface area contributed by atoms with Crippen molar-refractivity contribution >= 4 is 11.9 Å². The van der Waals surface area contributed by atoms with E-state index >= 15 is 0 Å². The molecule has 1 N–H and O–H groups in total. The summed E-state index contributed by atoms with van der Waals surface area (Å²) in [4.78, 5) is 24.3. The molecule has 0 radical (unpaired) electrons. The van der Waals surface area contributed by atoms with Gasteiger partial charge >= 0.3 is 12.1 Å². The van der Waals surface area contributed by atoms with E-state index in [0.717, 1.165) is 10.5 Å². The Hall–Kier alpha value is -2.09. The van der Waals surface area contributed by atoms with Crippen molar-refractivity contribution in [2.75, 3.05) is 20.2 Å². The fourth-order valence-electron chi connectivity index (χ4n) is 2.60. The molecule has 1 fully saturated rings. The van der Waals surface area contributed by atoms with Crippen LogP contribution in [0.25, 0.3) is 0 Å². The molecule has 0 bridgehead atoms. The first kappa shape index (κ1) is 17.3. The lowest BCUT2D eigenvalue weighted by molar-refractivity contribution is -0.227. The number of ether oxygens (including phenoxy) is 1. The third-order valence-corrected chi connectivity index (χ3v) is 4.02. The second-order valence-electron chi connectivity index (χ2n) is 5.49. The molecule has 1 aliphatic heterocycles. The quantitative estimate of drug-likeness (QED) is 0.919. The van der Waals surface area contributed by atoms with Gasteiger partial charge in [-0.05, 0) is 24.1 Å². The van der Waals surface area contributed by atoms with Crippen molar-refractivity contribution in [3.8, 4) is 0 Å². The number of carboxylic acids is 1. The zero-order valence-corrected chi connectivity index (χ0v) is 12.4. The molecule has 1 heterocycles. The van der Waals surface area contributed by atoms with Crippen LogP contribution in [0.2, 0.25) is 0 Å². The third-order valence-electron chi connectivity index (χ3n) is 4.02. The van der Waals surface area contributed by atoms with Crippen molar-refractivity contribution in [2.45, 2.75) is 19.2 Å². The van der Waals surface area contributed by atoms with Crippen molar-refractivity contribution in [3.05, 3.63) is 35.4 Å². The lowest BCUT2D eigenvalue weighted by Gasteiger charge is -2.27. The molecule has 2 rings (SSSR count). The van der Waals surface area contributed by atoms with E-state index in [2.05, 4.69) is 0 Å². The number of benzene rings is 1. The summed E-state index contributed by atoms with van der Waals surface area (Å²) in [5.74, 6) is -2.56. The molecular weight excluding hydrogens is 315 g/mol. The Morgan fingerprint density at radius 2 is 1.91 bits per heavy atom. The highest BCUT2D eigenvalue weighted by Crippen LogP contribution is 2.45. The topological polar surface area (TPSA) is 66.8 Å². The minimum atomic E-state index is -4.91. The molecular formula is C15H16F3NO4. The highest BCUT2D eigenvalue weighted by molar-refractivity contribution is 5.95. The summed E-state index contributed by atoms with van der Waals surface area (Å²) >= 11 is 0. The lowest BCUT2D eigenvalue weighted by atomic mass is 9.86. The summed E-state index contributed by atoms with van der Waals surface area (Å²) in [6.07, 6.45) is -5.55. The molecule has 8 heteroatoms. The minimum Gasteiger partial charge on any atom is -0.481 e. The summed E-state index contributed by atoms with van der Waals surface area (Å²) in [5.41, 5.74) is -1.85. The Morgan fingerprint density at radius 1 is 1.30 bits per heavy atom. The van der Waals surface area contributed by atoms with Crippen LogP contribution in [0.3, 0.4) is 0 Å². The molecule has 1 amide bonds. The number of aliphatic carboxylic acids is 1. The molecule has 1 aliphatic rings. The zero-order valence-electron chi connectivity index (χ0n) is 12.4. The number of hydrogen-bond acceptors (Lipinski definition) is 3. The Morgan fingerprint density at radius 3 is 2.35 bits per heavy atom. The number of amides is 1. The van der Waals surface area contributed by atoms with Gasteiger partial charge in [-0.15, -0.1) is 0 Å². The normalized spacial score (nSPS) is 21.5. The molecule has 1 saturated heterocycles. The fraction of sp³-hybridized carbons (Fsp3) is 0.467. The van der Waals surface area contributed by atoms with Gasteiger partial charge in [-0.3, -0.25) is 9.59 Å². The van der Waals surface area contributed by atoms with Gasteiger partial charge in [-0.1, -0.05) is 12.1 Å². The predicted octanol–water partition coefficient (Wildman–Crippen LogP) is 2.31. The number of hydrogen-bond donors (Lipinski definition) is 1. The molecule has 1 aromatic carbocycles. The van der Waals surface area contributed by atoms with Gasteiger partial charge in [0.1, 0.15) is 0 Å². The van der Waals surface area contributed by atoms with Gasteiger partial charge in [0.15, 0.2) is 5.41 Å². The van der Waals surface area contributed by atoms with Gasteiger partial charge in [0.05, 0.1) is 6.61 Å². The van der Waals surface area contributed by atoms with Gasteiger partial charge in [-0.25, -0.2) is 0 Å². The Labute approximate surface area is 130 Å². The van der Waals surface area contributed by atoms with E-state index < -0.39 is 36.4 Å². The van der Waals surface area contributed by atoms with Gasteiger partial charge in [0, 0.05) is 25.8 Å². The highest BCUT2D eigenvalue weighted by atomic mass is 19.4. The molecule has 1 aromatic rings. The number of rotatable bonds is 4. The molecule has 0 saturated carbocycles. The average molecular weight is 331 g/mol. The van der Waals surface area contributed by atoms with Gasteiger partial charge in [-0.2, -0.15) is 13.2 Å². The number of carboxylic acid groups (broad SMARTS) is 1. The minimum absolute atomic E-state index is 0.216. The Kier molecular flexibility index (Phi) is 4.65. The second-order valence-corrected chi connectivity index (χ2v) is 5.49. The lowest BCUT2D eigenvalue weighted by Crippen LogP contribution is -2.47. The SMILES string of the molecule is COCc1ccc(C(=O)N2CCC(C(=O)O)(C(F)(F)F)C2)cc1. The summed E-state index contributed by atoms with van der Waals surface area (Å²) in [7, 11) is 1.52. The van der Waals surface area contributed by atoms with E-state index in [1.54, 1.807) is 12.1 Å². The zero-order chi connectivity index (χ0) is 17.3. The van der Waals surface area contributed by atoms with E-state index in [9.17, 15) is 22.8 Å². The van der Waals surface area contributed by atoms with Crippen molar-refractivity contribution < 1.29 is 32.6 Å². The van der Waals surface area contributed by atoms with Crippen LogP contribution >= 0.6 is 0 Å². The van der Waals surface area contributed by atoms with Crippen molar-refractivity contribution in [1.29, 1.82) is 0 Å². The van der Waals surface area contributed by atoms with Crippen LogP contribution in [0.1, 0.15) is 22.3 Å². The molecule has 0 aliphatic carbocycles. The first-order valence-electron chi connectivity index (χ1n) is 6.88. The molecule has 126 valence electrons. The van der Waals surface area contributed by atoms with E-state index in [0.29, 0.717) is 6.61 Å². The number of carbonyl (C=O) groups is 2. The predicted molar refractivity (Wildman–Crippen MR) is 73.8 cm³/mol. The summed E-state index contributed by atoms with van der Waals surface area (Å²) in [6, 6.07) is 6.26. The highest BCUT2D eigenvalue weighted by Gasteiger charge is 2.64. The number of methoxy groups -OCH3 is 1. The Balaban J connectivity index is 2.17. The monoisotopic (exact) mass is 331 g/mol. The van der Waals surface area contributed by atoms with Crippen LogP contribution in [0.15, 0.2) is 24.3 Å². The molecule has 1 unspecified atom stereocenters. The number of halogens is 3. The summed E-state index contributed by atoms with van der Waals surface area (Å²) in [5, 5.41) is 8.99. The number of nitrogens with zero attached hydrogens (tertiary/aromatic N) is 1. The third kappa shape index (κ3) is 3.17. The van der Waals surface area contributed by atoms with Crippen LogP contribution in [0.5, 0.6) is 0 Å². The van der Waals surface area contributed by atoms with E-state index in [1.165, 1.54) is 19.2 Å². The van der Waals surface area contributed by atoms with Crippen LogP contribution in [0.4, 0.5) is 13.2 Å². The van der Waals surface area contributed by atoms with Crippen molar-refractivity contribution in [3.63, 3.8) is 0 Å². The first-order valence-corrected chi connectivity index (χ1v) is 6.88. The first-order chi connectivity index (χ1) is 10.7. The van der Waals surface area contributed by atoms with Gasteiger partial charge in [0.25, 0.3) is 5.91 Å². The van der Waals surface area contributed by atoms with E-state index in [-0.39, 0.29) is 12.1 Å². The maximum Gasteiger partial charge on any atom is 0.406 e. The van der Waals surface area contributed by atoms with E-state index in [1.807, 2.05) is 0 Å². The fourth-order valence-corrected chi connectivity index (χ4v) is 2.60.